The standard InChI is InChI=1S/C17H20ClF2N/c18-13-5-15(20)14(19)4-12(13)16(21)17-6-9-1-10(7-17)3-11(2-9)8-17/h4-5,9-11,16H,1-3,6-8,21H2. The van der Waals surface area contributed by atoms with Crippen molar-refractivity contribution in [3.8, 4) is 0 Å². The Bertz CT molecular complexity index is 551. The zero-order valence-corrected chi connectivity index (χ0v) is 12.7. The third-order valence-electron chi connectivity index (χ3n) is 6.12. The fourth-order valence-electron chi connectivity index (χ4n) is 5.66. The molecule has 4 saturated carbocycles. The lowest BCUT2D eigenvalue weighted by Gasteiger charge is -2.59. The summed E-state index contributed by atoms with van der Waals surface area (Å²) in [7, 11) is 0. The van der Waals surface area contributed by atoms with Crippen LogP contribution in [-0.2, 0) is 0 Å². The summed E-state index contributed by atoms with van der Waals surface area (Å²) in [5.41, 5.74) is 7.17. The van der Waals surface area contributed by atoms with Gasteiger partial charge in [-0.1, -0.05) is 11.6 Å². The lowest BCUT2D eigenvalue weighted by molar-refractivity contribution is -0.0678. The molecule has 1 nitrogen and oxygen atoms in total. The van der Waals surface area contributed by atoms with Crippen LogP contribution in [0.4, 0.5) is 8.78 Å². The summed E-state index contributed by atoms with van der Waals surface area (Å²) in [4.78, 5) is 0. The summed E-state index contributed by atoms with van der Waals surface area (Å²) in [5, 5.41) is 0.261. The third-order valence-corrected chi connectivity index (χ3v) is 6.45. The number of benzene rings is 1. The molecular weight excluding hydrogens is 292 g/mol. The van der Waals surface area contributed by atoms with E-state index in [1.165, 1.54) is 25.3 Å². The Morgan fingerprint density at radius 1 is 1.00 bits per heavy atom. The molecule has 0 heterocycles. The highest BCUT2D eigenvalue weighted by Crippen LogP contribution is 2.63. The van der Waals surface area contributed by atoms with Gasteiger partial charge >= 0.3 is 0 Å². The normalized spacial score (nSPS) is 38.8. The van der Waals surface area contributed by atoms with Gasteiger partial charge in [-0.05, 0) is 79.4 Å². The van der Waals surface area contributed by atoms with Crippen molar-refractivity contribution in [1.82, 2.24) is 0 Å². The van der Waals surface area contributed by atoms with Gasteiger partial charge in [0.05, 0.1) is 0 Å². The smallest absolute Gasteiger partial charge is 0.160 e. The van der Waals surface area contributed by atoms with Gasteiger partial charge in [0.25, 0.3) is 0 Å². The van der Waals surface area contributed by atoms with E-state index in [1.807, 2.05) is 0 Å². The molecule has 0 spiro atoms. The SMILES string of the molecule is NC(c1cc(F)c(F)cc1Cl)C12CC3CC(CC(C3)C1)C2. The second-order valence-corrected chi connectivity index (χ2v) is 7.95. The zero-order chi connectivity index (χ0) is 14.8. The molecule has 4 aliphatic rings. The molecule has 21 heavy (non-hydrogen) atoms. The first-order valence-electron chi connectivity index (χ1n) is 7.87. The van der Waals surface area contributed by atoms with Crippen LogP contribution in [0.2, 0.25) is 5.02 Å². The molecule has 4 aliphatic carbocycles. The van der Waals surface area contributed by atoms with Gasteiger partial charge in [-0.2, -0.15) is 0 Å². The molecule has 114 valence electrons. The van der Waals surface area contributed by atoms with Gasteiger partial charge < -0.3 is 5.73 Å². The number of rotatable bonds is 2. The molecule has 5 rings (SSSR count). The zero-order valence-electron chi connectivity index (χ0n) is 11.9. The topological polar surface area (TPSA) is 26.0 Å². The maximum atomic E-state index is 13.6. The first-order valence-corrected chi connectivity index (χ1v) is 8.25. The minimum absolute atomic E-state index is 0.0443. The van der Waals surface area contributed by atoms with Gasteiger partial charge in [0, 0.05) is 11.1 Å². The summed E-state index contributed by atoms with van der Waals surface area (Å²) >= 11 is 6.15. The van der Waals surface area contributed by atoms with Crippen LogP contribution in [0.1, 0.15) is 50.1 Å². The number of nitrogens with two attached hydrogens (primary N) is 1. The first kappa shape index (κ1) is 14.0. The Morgan fingerprint density at radius 3 is 2.00 bits per heavy atom. The van der Waals surface area contributed by atoms with E-state index >= 15 is 0 Å². The maximum Gasteiger partial charge on any atom is 0.160 e. The van der Waals surface area contributed by atoms with Crippen molar-refractivity contribution in [2.75, 3.05) is 0 Å². The van der Waals surface area contributed by atoms with E-state index in [9.17, 15) is 8.78 Å². The Hall–Kier alpha value is -0.670. The van der Waals surface area contributed by atoms with Crippen LogP contribution >= 0.6 is 11.6 Å². The summed E-state index contributed by atoms with van der Waals surface area (Å²) in [6, 6.07) is 1.99. The Labute approximate surface area is 128 Å². The molecule has 1 atom stereocenters. The van der Waals surface area contributed by atoms with Crippen molar-refractivity contribution in [1.29, 1.82) is 0 Å². The van der Waals surface area contributed by atoms with Crippen LogP contribution in [0, 0.1) is 34.8 Å². The monoisotopic (exact) mass is 311 g/mol. The predicted octanol–water partition coefficient (Wildman–Crippen LogP) is 4.83. The summed E-state index contributed by atoms with van der Waals surface area (Å²) in [6.45, 7) is 0. The van der Waals surface area contributed by atoms with Crippen molar-refractivity contribution in [2.45, 2.75) is 44.6 Å². The van der Waals surface area contributed by atoms with Crippen molar-refractivity contribution in [2.24, 2.45) is 28.9 Å². The quantitative estimate of drug-likeness (QED) is 0.777. The number of hydrogen-bond acceptors (Lipinski definition) is 1. The highest BCUT2D eigenvalue weighted by molar-refractivity contribution is 6.31. The third kappa shape index (κ3) is 2.12. The van der Waals surface area contributed by atoms with E-state index in [0.717, 1.165) is 43.1 Å². The molecule has 4 fully saturated rings. The molecule has 0 radical (unpaired) electrons. The molecule has 1 aromatic rings. The Morgan fingerprint density at radius 2 is 1.48 bits per heavy atom. The van der Waals surface area contributed by atoms with Crippen LogP contribution in [0.15, 0.2) is 12.1 Å². The van der Waals surface area contributed by atoms with Gasteiger partial charge in [-0.25, -0.2) is 8.78 Å². The van der Waals surface area contributed by atoms with Crippen molar-refractivity contribution in [3.05, 3.63) is 34.4 Å². The van der Waals surface area contributed by atoms with Gasteiger partial charge in [0.1, 0.15) is 0 Å². The van der Waals surface area contributed by atoms with E-state index in [2.05, 4.69) is 0 Å². The highest BCUT2D eigenvalue weighted by atomic mass is 35.5. The fourth-order valence-corrected chi connectivity index (χ4v) is 5.93. The van der Waals surface area contributed by atoms with Gasteiger partial charge in [0.2, 0.25) is 0 Å². The lowest BCUT2D eigenvalue weighted by Crippen LogP contribution is -2.50. The average molecular weight is 312 g/mol. The van der Waals surface area contributed by atoms with Crippen molar-refractivity contribution >= 4 is 11.6 Å². The van der Waals surface area contributed by atoms with E-state index in [4.69, 9.17) is 17.3 Å². The Kier molecular flexibility index (Phi) is 3.10. The molecule has 4 heteroatoms. The summed E-state index contributed by atoms with van der Waals surface area (Å²) in [6.07, 6.45) is 7.35. The predicted molar refractivity (Wildman–Crippen MR) is 78.9 cm³/mol. The molecular formula is C17H20ClF2N. The van der Waals surface area contributed by atoms with Crippen LogP contribution in [0.25, 0.3) is 0 Å². The van der Waals surface area contributed by atoms with E-state index in [0.29, 0.717) is 5.56 Å². The summed E-state index contributed by atoms with van der Waals surface area (Å²) in [5.74, 6) is 0.556. The first-order chi connectivity index (χ1) is 9.97. The largest absolute Gasteiger partial charge is 0.323 e. The molecule has 0 amide bonds. The molecule has 2 N–H and O–H groups in total. The van der Waals surface area contributed by atoms with Gasteiger partial charge in [-0.3, -0.25) is 0 Å². The van der Waals surface area contributed by atoms with Crippen LogP contribution in [0.5, 0.6) is 0 Å². The van der Waals surface area contributed by atoms with E-state index < -0.39 is 11.6 Å². The summed E-state index contributed by atoms with van der Waals surface area (Å²) < 4.78 is 26.9. The minimum Gasteiger partial charge on any atom is -0.323 e. The highest BCUT2D eigenvalue weighted by Gasteiger charge is 2.53. The molecule has 0 aliphatic heterocycles. The van der Waals surface area contributed by atoms with E-state index in [1.54, 1.807) is 0 Å². The van der Waals surface area contributed by atoms with E-state index in [-0.39, 0.29) is 16.5 Å². The number of hydrogen-bond donors (Lipinski definition) is 1. The number of halogens is 3. The Balaban J connectivity index is 1.71. The second kappa shape index (κ2) is 4.66. The molecule has 0 saturated heterocycles. The molecule has 0 aromatic heterocycles. The molecule has 4 bridgehead atoms. The maximum absolute atomic E-state index is 13.6. The van der Waals surface area contributed by atoms with Crippen LogP contribution in [-0.4, -0.2) is 0 Å². The van der Waals surface area contributed by atoms with Gasteiger partial charge in [0.15, 0.2) is 11.6 Å². The second-order valence-electron chi connectivity index (χ2n) is 7.55. The van der Waals surface area contributed by atoms with Crippen molar-refractivity contribution in [3.63, 3.8) is 0 Å². The average Bonchev–Trinajstić information content (AvgIpc) is 2.40. The molecule has 1 unspecified atom stereocenters. The van der Waals surface area contributed by atoms with Gasteiger partial charge in [-0.15, -0.1) is 0 Å². The van der Waals surface area contributed by atoms with Crippen LogP contribution in [0.3, 0.4) is 0 Å². The van der Waals surface area contributed by atoms with Crippen LogP contribution < -0.4 is 5.73 Å². The fraction of sp³-hybridized carbons (Fsp3) is 0.647. The lowest BCUT2D eigenvalue weighted by atomic mass is 9.47. The minimum atomic E-state index is -0.901. The molecule has 1 aromatic carbocycles. The van der Waals surface area contributed by atoms with Crippen molar-refractivity contribution < 1.29 is 8.78 Å².